The minimum absolute atomic E-state index is 0.119. The van der Waals surface area contributed by atoms with Gasteiger partial charge in [0.1, 0.15) is 0 Å². The second-order valence-electron chi connectivity index (χ2n) is 11.4. The highest BCUT2D eigenvalue weighted by Crippen LogP contribution is 2.41. The van der Waals surface area contributed by atoms with Crippen LogP contribution in [0.1, 0.15) is 38.3 Å². The maximum Gasteiger partial charge on any atom is 0.261 e. The highest BCUT2D eigenvalue weighted by molar-refractivity contribution is 6.15. The molecule has 10 heteroatoms. The van der Waals surface area contributed by atoms with E-state index in [4.69, 9.17) is 18.9 Å². The number of benzene rings is 4. The number of hydrogen-bond donors (Lipinski definition) is 0. The van der Waals surface area contributed by atoms with Crippen LogP contribution in [0.25, 0.3) is 0 Å². The van der Waals surface area contributed by atoms with Crippen molar-refractivity contribution in [3.8, 4) is 23.0 Å². The first-order valence-electron chi connectivity index (χ1n) is 15.5. The molecule has 0 aliphatic carbocycles. The molecule has 7 rings (SSSR count). The van der Waals surface area contributed by atoms with Gasteiger partial charge >= 0.3 is 0 Å². The molecule has 0 aromatic heterocycles. The van der Waals surface area contributed by atoms with Crippen molar-refractivity contribution in [2.24, 2.45) is 9.98 Å². The first-order valence-corrected chi connectivity index (χ1v) is 15.5. The molecule has 238 valence electrons. The Kier molecular flexibility index (Phi) is 8.07. The van der Waals surface area contributed by atoms with E-state index in [0.29, 0.717) is 71.7 Å². The Bertz CT molecular complexity index is 1920. The van der Waals surface area contributed by atoms with Crippen LogP contribution in [-0.4, -0.2) is 64.8 Å². The molecular weight excluding hydrogens is 596 g/mol. The number of hydrogen-bond acceptors (Lipinski definition) is 8. The summed E-state index contributed by atoms with van der Waals surface area (Å²) in [6.07, 6.45) is 3.88. The maximum absolute atomic E-state index is 13.7. The Labute approximate surface area is 272 Å². The Morgan fingerprint density at radius 2 is 1.57 bits per heavy atom. The van der Waals surface area contributed by atoms with Crippen LogP contribution in [0, 0.1) is 0 Å². The lowest BCUT2D eigenvalue weighted by molar-refractivity contribution is 0.0980. The van der Waals surface area contributed by atoms with E-state index in [1.165, 1.54) is 7.11 Å². The summed E-state index contributed by atoms with van der Waals surface area (Å²) in [5.41, 5.74) is 5.89. The Balaban J connectivity index is 1.01. The highest BCUT2D eigenvalue weighted by Gasteiger charge is 2.36. The number of rotatable bonds is 10. The van der Waals surface area contributed by atoms with E-state index in [9.17, 15) is 9.59 Å². The van der Waals surface area contributed by atoms with E-state index in [0.717, 1.165) is 35.3 Å². The van der Waals surface area contributed by atoms with Gasteiger partial charge in [-0.15, -0.1) is 0 Å². The van der Waals surface area contributed by atoms with E-state index in [-0.39, 0.29) is 17.9 Å². The van der Waals surface area contributed by atoms with E-state index < -0.39 is 0 Å². The number of para-hydroxylation sites is 2. The lowest BCUT2D eigenvalue weighted by Crippen LogP contribution is -2.37. The predicted molar refractivity (Wildman–Crippen MR) is 182 cm³/mol. The topological polar surface area (TPSA) is 102 Å². The zero-order valence-electron chi connectivity index (χ0n) is 26.3. The molecule has 0 saturated carbocycles. The number of ether oxygens (including phenoxy) is 4. The third-order valence-corrected chi connectivity index (χ3v) is 8.75. The van der Waals surface area contributed by atoms with Crippen LogP contribution < -0.4 is 28.7 Å². The SMILES string of the molecule is C=Nc1cc(OCCCOc2cc3c(cc2OC)C(=O)N2c4ccccc4CC2C=N3)c(OC)cc1C(=O)N1CCc2ccccc21. The number of amides is 2. The number of methoxy groups -OCH3 is 2. The molecule has 0 bridgehead atoms. The number of anilines is 2. The summed E-state index contributed by atoms with van der Waals surface area (Å²) in [5.74, 6) is 1.52. The predicted octanol–water partition coefficient (Wildman–Crippen LogP) is 6.37. The molecule has 0 N–H and O–H groups in total. The zero-order valence-corrected chi connectivity index (χ0v) is 26.3. The van der Waals surface area contributed by atoms with Gasteiger partial charge in [-0.25, -0.2) is 0 Å². The molecule has 3 aliphatic rings. The van der Waals surface area contributed by atoms with Crippen LogP contribution in [0.3, 0.4) is 0 Å². The largest absolute Gasteiger partial charge is 0.493 e. The van der Waals surface area contributed by atoms with Crippen LogP contribution in [0.5, 0.6) is 23.0 Å². The number of nitrogens with zero attached hydrogens (tertiary/aromatic N) is 4. The van der Waals surface area contributed by atoms with Crippen molar-refractivity contribution in [3.63, 3.8) is 0 Å². The summed E-state index contributed by atoms with van der Waals surface area (Å²) in [4.78, 5) is 39.6. The van der Waals surface area contributed by atoms with Crippen molar-refractivity contribution < 1.29 is 28.5 Å². The molecule has 1 atom stereocenters. The Morgan fingerprint density at radius 3 is 2.32 bits per heavy atom. The first kappa shape index (κ1) is 30.0. The molecule has 0 saturated heterocycles. The van der Waals surface area contributed by atoms with Crippen LogP contribution >= 0.6 is 0 Å². The Morgan fingerprint density at radius 1 is 0.894 bits per heavy atom. The fraction of sp³-hybridized carbons (Fsp3) is 0.243. The maximum atomic E-state index is 13.7. The van der Waals surface area contributed by atoms with Gasteiger partial charge in [-0.2, -0.15) is 0 Å². The summed E-state index contributed by atoms with van der Waals surface area (Å²) in [6, 6.07) is 22.5. The minimum Gasteiger partial charge on any atom is -0.493 e. The van der Waals surface area contributed by atoms with E-state index >= 15 is 0 Å². The molecule has 4 aromatic rings. The van der Waals surface area contributed by atoms with Gasteiger partial charge in [-0.1, -0.05) is 36.4 Å². The van der Waals surface area contributed by atoms with Crippen LogP contribution in [0.4, 0.5) is 22.7 Å². The molecule has 1 unspecified atom stereocenters. The zero-order chi connectivity index (χ0) is 32.5. The quantitative estimate of drug-likeness (QED) is 0.149. The molecule has 2 amide bonds. The van der Waals surface area contributed by atoms with E-state index in [2.05, 4.69) is 16.7 Å². The minimum atomic E-state index is -0.165. The second kappa shape index (κ2) is 12.6. The fourth-order valence-electron chi connectivity index (χ4n) is 6.43. The molecule has 3 aliphatic heterocycles. The van der Waals surface area contributed by atoms with Crippen molar-refractivity contribution in [3.05, 3.63) is 95.1 Å². The number of carbonyl (C=O) groups excluding carboxylic acids is 2. The molecule has 3 heterocycles. The summed E-state index contributed by atoms with van der Waals surface area (Å²) in [5, 5.41) is 0. The highest BCUT2D eigenvalue weighted by atomic mass is 16.5. The lowest BCUT2D eigenvalue weighted by atomic mass is 10.1. The third-order valence-electron chi connectivity index (χ3n) is 8.75. The average molecular weight is 631 g/mol. The molecule has 0 fully saturated rings. The molecule has 10 nitrogen and oxygen atoms in total. The Hall–Kier alpha value is -5.64. The van der Waals surface area contributed by atoms with E-state index in [1.54, 1.807) is 41.2 Å². The van der Waals surface area contributed by atoms with Crippen LogP contribution in [0.2, 0.25) is 0 Å². The summed E-state index contributed by atoms with van der Waals surface area (Å²) in [6.45, 7) is 4.90. The van der Waals surface area contributed by atoms with E-state index in [1.807, 2.05) is 54.7 Å². The van der Waals surface area contributed by atoms with Crippen molar-refractivity contribution in [2.45, 2.75) is 25.3 Å². The third kappa shape index (κ3) is 5.45. The standard InChI is InChI=1S/C37H34N4O6/c1-38-28-20-34(32(44-2)18-26(28)36(42)40-14-13-23-9-4-6-11-30(23)40)46-15-8-16-47-35-21-29-27(19-33(35)45-3)37(43)41-25(22-39-29)17-24-10-5-7-12-31(24)41/h4-7,9-12,18-22,25H,1,8,13-17H2,2-3H3. The molecule has 47 heavy (non-hydrogen) atoms. The monoisotopic (exact) mass is 630 g/mol. The van der Waals surface area contributed by atoms with Gasteiger partial charge in [-0.3, -0.25) is 24.5 Å². The average Bonchev–Trinajstić information content (AvgIpc) is 3.68. The van der Waals surface area contributed by atoms with Crippen molar-refractivity contribution in [1.29, 1.82) is 0 Å². The number of aliphatic imine (C=N–C) groups is 2. The first-order chi connectivity index (χ1) is 23.0. The second-order valence-corrected chi connectivity index (χ2v) is 11.4. The number of carbonyl (C=O) groups is 2. The van der Waals surface area contributed by atoms with Crippen molar-refractivity contribution in [2.75, 3.05) is 43.8 Å². The van der Waals surface area contributed by atoms with Gasteiger partial charge in [0.25, 0.3) is 11.8 Å². The van der Waals surface area contributed by atoms with Gasteiger partial charge in [0.15, 0.2) is 23.0 Å². The summed E-state index contributed by atoms with van der Waals surface area (Å²) < 4.78 is 23.3. The molecule has 4 aromatic carbocycles. The lowest BCUT2D eigenvalue weighted by Gasteiger charge is -2.22. The molecule has 0 spiro atoms. The van der Waals surface area contributed by atoms with Crippen LogP contribution in [0.15, 0.2) is 82.8 Å². The fourth-order valence-corrected chi connectivity index (χ4v) is 6.43. The van der Waals surface area contributed by atoms with Gasteiger partial charge in [0, 0.05) is 49.1 Å². The summed E-state index contributed by atoms with van der Waals surface area (Å²) >= 11 is 0. The normalized spacial score (nSPS) is 15.7. The van der Waals surface area contributed by atoms with Gasteiger partial charge in [0.05, 0.1) is 56.0 Å². The molecular formula is C37H34N4O6. The smallest absolute Gasteiger partial charge is 0.261 e. The van der Waals surface area contributed by atoms with Crippen LogP contribution in [-0.2, 0) is 12.8 Å². The number of fused-ring (bicyclic) bond motifs is 5. The van der Waals surface area contributed by atoms with Gasteiger partial charge in [-0.05, 0) is 48.5 Å². The van der Waals surface area contributed by atoms with Gasteiger partial charge in [0.2, 0.25) is 0 Å². The van der Waals surface area contributed by atoms with Gasteiger partial charge < -0.3 is 23.8 Å². The summed E-state index contributed by atoms with van der Waals surface area (Å²) in [7, 11) is 3.08. The van der Waals surface area contributed by atoms with Crippen molar-refractivity contribution in [1.82, 2.24) is 0 Å². The van der Waals surface area contributed by atoms with Crippen molar-refractivity contribution >= 4 is 47.5 Å². The molecule has 0 radical (unpaired) electrons.